The third-order valence-electron chi connectivity index (χ3n) is 2.95. The summed E-state index contributed by atoms with van der Waals surface area (Å²) in [5.41, 5.74) is 7.80. The van der Waals surface area contributed by atoms with Crippen LogP contribution in [0.25, 0.3) is 10.9 Å². The van der Waals surface area contributed by atoms with Gasteiger partial charge < -0.3 is 10.5 Å². The number of nitrogens with zero attached hydrogens (tertiary/aromatic N) is 1. The van der Waals surface area contributed by atoms with Crippen LogP contribution in [0.5, 0.6) is 5.75 Å². The number of benzene rings is 1. The summed E-state index contributed by atoms with van der Waals surface area (Å²) < 4.78 is 5.43. The van der Waals surface area contributed by atoms with Gasteiger partial charge in [0.25, 0.3) is 0 Å². The number of aryl methyl sites for hydroxylation is 1. The Hall–Kier alpha value is -1.61. The molecule has 0 aliphatic carbocycles. The van der Waals surface area contributed by atoms with Gasteiger partial charge in [-0.1, -0.05) is 6.07 Å². The summed E-state index contributed by atoms with van der Waals surface area (Å²) in [5.74, 6) is 0.947. The number of unbranched alkanes of at least 4 members (excludes halogenated alkanes) is 1. The molecule has 0 aliphatic heterocycles. The van der Waals surface area contributed by atoms with Gasteiger partial charge in [0, 0.05) is 17.1 Å². The molecular weight excluding hydrogens is 212 g/mol. The lowest BCUT2D eigenvalue weighted by Crippen LogP contribution is -2.00. The molecule has 0 amide bonds. The van der Waals surface area contributed by atoms with Crippen molar-refractivity contribution >= 4 is 10.9 Å². The zero-order valence-corrected chi connectivity index (χ0v) is 10.1. The zero-order chi connectivity index (χ0) is 12.1. The summed E-state index contributed by atoms with van der Waals surface area (Å²) in [6, 6.07) is 8.06. The van der Waals surface area contributed by atoms with Crippen LogP contribution in [-0.2, 0) is 6.42 Å². The first-order chi connectivity index (χ1) is 8.36. The first-order valence-electron chi connectivity index (χ1n) is 5.97. The van der Waals surface area contributed by atoms with E-state index in [-0.39, 0.29) is 0 Å². The van der Waals surface area contributed by atoms with E-state index in [9.17, 15) is 0 Å². The lowest BCUT2D eigenvalue weighted by molar-refractivity contribution is 0.410. The van der Waals surface area contributed by atoms with Gasteiger partial charge in [-0.05, 0) is 44.0 Å². The van der Waals surface area contributed by atoms with Crippen LogP contribution in [0.1, 0.15) is 18.4 Å². The van der Waals surface area contributed by atoms with E-state index in [2.05, 4.69) is 11.1 Å². The van der Waals surface area contributed by atoms with Gasteiger partial charge in [-0.25, -0.2) is 0 Å². The molecule has 0 radical (unpaired) electrons. The van der Waals surface area contributed by atoms with Gasteiger partial charge in [0.1, 0.15) is 5.75 Å². The highest BCUT2D eigenvalue weighted by Crippen LogP contribution is 2.28. The van der Waals surface area contributed by atoms with Crippen molar-refractivity contribution in [1.29, 1.82) is 0 Å². The molecule has 2 aromatic rings. The van der Waals surface area contributed by atoms with Crippen LogP contribution >= 0.6 is 0 Å². The van der Waals surface area contributed by atoms with E-state index in [0.29, 0.717) is 0 Å². The molecule has 0 atom stereocenters. The number of aromatic nitrogens is 1. The minimum absolute atomic E-state index is 0.741. The number of hydrogen-bond donors (Lipinski definition) is 1. The molecule has 2 rings (SSSR count). The standard InChI is InChI=1S/C14H18N2O/c1-17-14-8-7-13-11(6-4-10-16-13)12(14)5-2-3-9-15/h4,6-8,10H,2-3,5,9,15H2,1H3. The van der Waals surface area contributed by atoms with Crippen molar-refractivity contribution in [2.45, 2.75) is 19.3 Å². The Bertz CT molecular complexity index is 497. The smallest absolute Gasteiger partial charge is 0.122 e. The van der Waals surface area contributed by atoms with E-state index in [1.165, 1.54) is 10.9 Å². The highest BCUT2D eigenvalue weighted by Gasteiger charge is 2.08. The van der Waals surface area contributed by atoms with Crippen LogP contribution in [0.3, 0.4) is 0 Å². The molecule has 1 heterocycles. The molecule has 2 N–H and O–H groups in total. The van der Waals surface area contributed by atoms with Crippen molar-refractivity contribution in [1.82, 2.24) is 4.98 Å². The average Bonchev–Trinajstić information content (AvgIpc) is 2.39. The summed E-state index contributed by atoms with van der Waals surface area (Å²) in [6.45, 7) is 0.741. The molecule has 0 fully saturated rings. The Morgan fingerprint density at radius 1 is 1.24 bits per heavy atom. The van der Waals surface area contributed by atoms with Crippen LogP contribution in [-0.4, -0.2) is 18.6 Å². The van der Waals surface area contributed by atoms with Gasteiger partial charge >= 0.3 is 0 Å². The fourth-order valence-electron chi connectivity index (χ4n) is 2.09. The number of methoxy groups -OCH3 is 1. The topological polar surface area (TPSA) is 48.1 Å². The average molecular weight is 230 g/mol. The van der Waals surface area contributed by atoms with Crippen molar-refractivity contribution in [2.24, 2.45) is 5.73 Å². The molecular formula is C14H18N2O. The Morgan fingerprint density at radius 2 is 2.12 bits per heavy atom. The van der Waals surface area contributed by atoms with Crippen molar-refractivity contribution in [2.75, 3.05) is 13.7 Å². The van der Waals surface area contributed by atoms with E-state index in [0.717, 1.165) is 37.1 Å². The molecule has 3 heteroatoms. The van der Waals surface area contributed by atoms with Crippen LogP contribution in [0.2, 0.25) is 0 Å². The fraction of sp³-hybridized carbons (Fsp3) is 0.357. The maximum Gasteiger partial charge on any atom is 0.122 e. The van der Waals surface area contributed by atoms with Gasteiger partial charge in [0.05, 0.1) is 12.6 Å². The monoisotopic (exact) mass is 230 g/mol. The second kappa shape index (κ2) is 5.64. The second-order valence-electron chi connectivity index (χ2n) is 4.06. The normalized spacial score (nSPS) is 10.7. The van der Waals surface area contributed by atoms with E-state index in [1.54, 1.807) is 7.11 Å². The highest BCUT2D eigenvalue weighted by molar-refractivity contribution is 5.84. The quantitative estimate of drug-likeness (QED) is 0.803. The van der Waals surface area contributed by atoms with Crippen LogP contribution < -0.4 is 10.5 Å². The third-order valence-corrected chi connectivity index (χ3v) is 2.95. The Kier molecular flexibility index (Phi) is 3.94. The fourth-order valence-corrected chi connectivity index (χ4v) is 2.09. The lowest BCUT2D eigenvalue weighted by atomic mass is 10.0. The van der Waals surface area contributed by atoms with Crippen molar-refractivity contribution < 1.29 is 4.74 Å². The molecule has 17 heavy (non-hydrogen) atoms. The van der Waals surface area contributed by atoms with Gasteiger partial charge in [0.2, 0.25) is 0 Å². The Labute approximate surface area is 102 Å². The largest absolute Gasteiger partial charge is 0.496 e. The maximum absolute atomic E-state index is 5.53. The zero-order valence-electron chi connectivity index (χ0n) is 10.1. The first kappa shape index (κ1) is 11.9. The minimum atomic E-state index is 0.741. The molecule has 90 valence electrons. The van der Waals surface area contributed by atoms with Crippen molar-refractivity contribution in [3.8, 4) is 5.75 Å². The third kappa shape index (κ3) is 2.56. The predicted octanol–water partition coefficient (Wildman–Crippen LogP) is 2.52. The van der Waals surface area contributed by atoms with Crippen LogP contribution in [0, 0.1) is 0 Å². The molecule has 3 nitrogen and oxygen atoms in total. The molecule has 0 bridgehead atoms. The molecule has 1 aromatic heterocycles. The van der Waals surface area contributed by atoms with E-state index in [1.807, 2.05) is 24.4 Å². The second-order valence-corrected chi connectivity index (χ2v) is 4.06. The Morgan fingerprint density at radius 3 is 2.88 bits per heavy atom. The number of nitrogens with two attached hydrogens (primary N) is 1. The van der Waals surface area contributed by atoms with E-state index in [4.69, 9.17) is 10.5 Å². The first-order valence-corrected chi connectivity index (χ1v) is 5.97. The summed E-state index contributed by atoms with van der Waals surface area (Å²) in [4.78, 5) is 4.37. The molecule has 0 saturated carbocycles. The molecule has 0 unspecified atom stereocenters. The molecule has 0 spiro atoms. The van der Waals surface area contributed by atoms with Gasteiger partial charge in [-0.2, -0.15) is 0 Å². The lowest BCUT2D eigenvalue weighted by Gasteiger charge is -2.11. The maximum atomic E-state index is 5.53. The molecule has 0 aliphatic rings. The van der Waals surface area contributed by atoms with Crippen molar-refractivity contribution in [3.63, 3.8) is 0 Å². The molecule has 1 aromatic carbocycles. The SMILES string of the molecule is COc1ccc2ncccc2c1CCCCN. The number of hydrogen-bond acceptors (Lipinski definition) is 3. The Balaban J connectivity index is 2.40. The van der Waals surface area contributed by atoms with Gasteiger partial charge in [0.15, 0.2) is 0 Å². The summed E-state index contributed by atoms with van der Waals surface area (Å²) in [5, 5.41) is 1.18. The summed E-state index contributed by atoms with van der Waals surface area (Å²) >= 11 is 0. The van der Waals surface area contributed by atoms with Crippen molar-refractivity contribution in [3.05, 3.63) is 36.0 Å². The van der Waals surface area contributed by atoms with Gasteiger partial charge in [-0.3, -0.25) is 4.98 Å². The summed E-state index contributed by atoms with van der Waals surface area (Å²) in [7, 11) is 1.71. The van der Waals surface area contributed by atoms with E-state index < -0.39 is 0 Å². The number of fused-ring (bicyclic) bond motifs is 1. The number of pyridine rings is 1. The van der Waals surface area contributed by atoms with Crippen LogP contribution in [0.15, 0.2) is 30.5 Å². The molecule has 0 saturated heterocycles. The number of rotatable bonds is 5. The van der Waals surface area contributed by atoms with Gasteiger partial charge in [-0.15, -0.1) is 0 Å². The number of ether oxygens (including phenoxy) is 1. The minimum Gasteiger partial charge on any atom is -0.496 e. The predicted molar refractivity (Wildman–Crippen MR) is 70.3 cm³/mol. The van der Waals surface area contributed by atoms with E-state index >= 15 is 0 Å². The van der Waals surface area contributed by atoms with Crippen LogP contribution in [0.4, 0.5) is 0 Å². The highest BCUT2D eigenvalue weighted by atomic mass is 16.5. The summed E-state index contributed by atoms with van der Waals surface area (Å²) in [6.07, 6.45) is 4.93.